The maximum absolute atomic E-state index is 11.9. The number of hydrogen-bond donors (Lipinski definition) is 2. The normalized spacial score (nSPS) is 14.1. The van der Waals surface area contributed by atoms with Gasteiger partial charge in [-0.2, -0.15) is 0 Å². The molecule has 0 atom stereocenters. The minimum absolute atomic E-state index is 0.149. The number of nitrogens with zero attached hydrogens (tertiary/aromatic N) is 2. The van der Waals surface area contributed by atoms with Crippen molar-refractivity contribution < 1.29 is 4.79 Å². The third-order valence-electron chi connectivity index (χ3n) is 2.82. The number of carbonyl (C=O) groups is 1. The van der Waals surface area contributed by atoms with Crippen LogP contribution in [0.4, 0.5) is 5.13 Å². The molecule has 0 unspecified atom stereocenters. The Morgan fingerprint density at radius 3 is 3.11 bits per heavy atom. The van der Waals surface area contributed by atoms with E-state index in [2.05, 4.69) is 20.6 Å². The molecule has 98 valence electrons. The molecule has 2 N–H and O–H groups in total. The quantitative estimate of drug-likeness (QED) is 0.875. The monoisotopic (exact) mass is 274 g/mol. The maximum Gasteiger partial charge on any atom is 0.271 e. The molecule has 19 heavy (non-hydrogen) atoms. The Bertz CT molecular complexity index is 565. The van der Waals surface area contributed by atoms with Crippen molar-refractivity contribution in [2.75, 3.05) is 5.32 Å². The smallest absolute Gasteiger partial charge is 0.271 e. The van der Waals surface area contributed by atoms with E-state index in [1.807, 2.05) is 12.1 Å². The van der Waals surface area contributed by atoms with E-state index in [4.69, 9.17) is 0 Å². The molecule has 6 heteroatoms. The molecule has 2 heterocycles. The van der Waals surface area contributed by atoms with Gasteiger partial charge in [0.2, 0.25) is 0 Å². The summed E-state index contributed by atoms with van der Waals surface area (Å²) >= 11 is 1.47. The van der Waals surface area contributed by atoms with Crippen LogP contribution in [-0.4, -0.2) is 21.9 Å². The second kappa shape index (κ2) is 5.36. The first-order valence-corrected chi connectivity index (χ1v) is 7.08. The first kappa shape index (κ1) is 12.1. The molecule has 1 aliphatic carbocycles. The predicted molar refractivity (Wildman–Crippen MR) is 74.2 cm³/mol. The van der Waals surface area contributed by atoms with Crippen LogP contribution in [0.1, 0.15) is 28.9 Å². The van der Waals surface area contributed by atoms with Crippen molar-refractivity contribution >= 4 is 22.4 Å². The Balaban J connectivity index is 1.56. The van der Waals surface area contributed by atoms with E-state index >= 15 is 0 Å². The number of pyridine rings is 1. The molecule has 0 radical (unpaired) electrons. The summed E-state index contributed by atoms with van der Waals surface area (Å²) in [6.07, 6.45) is 5.84. The second-order valence-corrected chi connectivity index (χ2v) is 5.36. The number of anilines is 1. The highest BCUT2D eigenvalue weighted by Gasteiger charge is 2.22. The van der Waals surface area contributed by atoms with Crippen LogP contribution >= 0.6 is 11.3 Å². The average molecular weight is 274 g/mol. The number of thiazole rings is 1. The Kier molecular flexibility index (Phi) is 3.41. The van der Waals surface area contributed by atoms with Crippen molar-refractivity contribution in [3.63, 3.8) is 0 Å². The minimum Gasteiger partial charge on any atom is -0.359 e. The molecule has 1 aliphatic rings. The maximum atomic E-state index is 11.9. The number of nitrogens with one attached hydrogen (secondary N) is 2. The Hall–Kier alpha value is -1.95. The zero-order valence-electron chi connectivity index (χ0n) is 10.3. The van der Waals surface area contributed by atoms with E-state index in [9.17, 15) is 4.79 Å². The standard InChI is InChI=1S/C13H14N4OS/c18-12(15-7-9-2-1-5-14-6-9)11-8-19-13(17-11)16-10-3-4-10/h1-2,5-6,8,10H,3-4,7H2,(H,15,18)(H,16,17). The SMILES string of the molecule is O=C(NCc1cccnc1)c1csc(NC2CC2)n1. The Morgan fingerprint density at radius 1 is 1.47 bits per heavy atom. The summed E-state index contributed by atoms with van der Waals surface area (Å²) < 4.78 is 0. The molecule has 1 amide bonds. The summed E-state index contributed by atoms with van der Waals surface area (Å²) in [5.41, 5.74) is 1.44. The lowest BCUT2D eigenvalue weighted by Crippen LogP contribution is -2.23. The van der Waals surface area contributed by atoms with Crippen molar-refractivity contribution in [1.82, 2.24) is 15.3 Å². The van der Waals surface area contributed by atoms with E-state index in [0.717, 1.165) is 10.7 Å². The lowest BCUT2D eigenvalue weighted by Gasteiger charge is -2.02. The van der Waals surface area contributed by atoms with Crippen molar-refractivity contribution in [1.29, 1.82) is 0 Å². The molecule has 0 spiro atoms. The number of aromatic nitrogens is 2. The topological polar surface area (TPSA) is 66.9 Å². The largest absolute Gasteiger partial charge is 0.359 e. The zero-order valence-corrected chi connectivity index (χ0v) is 11.1. The van der Waals surface area contributed by atoms with Crippen LogP contribution < -0.4 is 10.6 Å². The van der Waals surface area contributed by atoms with Crippen LogP contribution in [0.3, 0.4) is 0 Å². The summed E-state index contributed by atoms with van der Waals surface area (Å²) in [4.78, 5) is 20.2. The second-order valence-electron chi connectivity index (χ2n) is 4.50. The van der Waals surface area contributed by atoms with Gasteiger partial charge in [-0.3, -0.25) is 9.78 Å². The van der Waals surface area contributed by atoms with Gasteiger partial charge in [-0.05, 0) is 24.5 Å². The van der Waals surface area contributed by atoms with Gasteiger partial charge in [-0.15, -0.1) is 11.3 Å². The molecule has 2 aromatic heterocycles. The van der Waals surface area contributed by atoms with Crippen LogP contribution in [0.5, 0.6) is 0 Å². The van der Waals surface area contributed by atoms with Gasteiger partial charge in [0.05, 0.1) is 0 Å². The fourth-order valence-corrected chi connectivity index (χ4v) is 2.39. The third kappa shape index (κ3) is 3.29. The van der Waals surface area contributed by atoms with Gasteiger partial charge in [0.1, 0.15) is 5.69 Å². The van der Waals surface area contributed by atoms with Gasteiger partial charge < -0.3 is 10.6 Å². The molecule has 1 fully saturated rings. The van der Waals surface area contributed by atoms with Gasteiger partial charge >= 0.3 is 0 Å². The van der Waals surface area contributed by atoms with Gasteiger partial charge in [0, 0.05) is 30.4 Å². The van der Waals surface area contributed by atoms with E-state index in [1.165, 1.54) is 24.2 Å². The van der Waals surface area contributed by atoms with Crippen LogP contribution in [0, 0.1) is 0 Å². The Morgan fingerprint density at radius 2 is 2.37 bits per heavy atom. The molecule has 5 nitrogen and oxygen atoms in total. The van der Waals surface area contributed by atoms with Crippen LogP contribution in [0.2, 0.25) is 0 Å². The molecule has 3 rings (SSSR count). The van der Waals surface area contributed by atoms with Crippen molar-refractivity contribution in [2.24, 2.45) is 0 Å². The van der Waals surface area contributed by atoms with Crippen LogP contribution in [0.25, 0.3) is 0 Å². The highest BCUT2D eigenvalue weighted by Crippen LogP contribution is 2.26. The van der Waals surface area contributed by atoms with Crippen molar-refractivity contribution in [3.8, 4) is 0 Å². The molecular weight excluding hydrogens is 260 g/mol. The fraction of sp³-hybridized carbons (Fsp3) is 0.308. The minimum atomic E-state index is -0.149. The highest BCUT2D eigenvalue weighted by molar-refractivity contribution is 7.13. The summed E-state index contributed by atoms with van der Waals surface area (Å²) in [6, 6.07) is 4.33. The number of rotatable bonds is 5. The van der Waals surface area contributed by atoms with Crippen LogP contribution in [-0.2, 0) is 6.54 Å². The van der Waals surface area contributed by atoms with E-state index in [-0.39, 0.29) is 5.91 Å². The fourth-order valence-electron chi connectivity index (χ4n) is 1.62. The lowest BCUT2D eigenvalue weighted by atomic mass is 10.3. The lowest BCUT2D eigenvalue weighted by molar-refractivity contribution is 0.0946. The average Bonchev–Trinajstić information content (AvgIpc) is 3.13. The predicted octanol–water partition coefficient (Wildman–Crippen LogP) is 2.04. The first-order valence-electron chi connectivity index (χ1n) is 6.20. The summed E-state index contributed by atoms with van der Waals surface area (Å²) in [5.74, 6) is -0.149. The number of amides is 1. The van der Waals surface area contributed by atoms with Gasteiger partial charge in [0.15, 0.2) is 5.13 Å². The molecule has 2 aromatic rings. The van der Waals surface area contributed by atoms with Crippen LogP contribution in [0.15, 0.2) is 29.9 Å². The third-order valence-corrected chi connectivity index (χ3v) is 3.59. The van der Waals surface area contributed by atoms with E-state index in [0.29, 0.717) is 18.3 Å². The first-order chi connectivity index (χ1) is 9.31. The molecule has 1 saturated carbocycles. The molecule has 0 bridgehead atoms. The van der Waals surface area contributed by atoms with Crippen molar-refractivity contribution in [3.05, 3.63) is 41.2 Å². The highest BCUT2D eigenvalue weighted by atomic mass is 32.1. The van der Waals surface area contributed by atoms with Gasteiger partial charge in [0.25, 0.3) is 5.91 Å². The van der Waals surface area contributed by atoms with E-state index in [1.54, 1.807) is 17.8 Å². The summed E-state index contributed by atoms with van der Waals surface area (Å²) in [7, 11) is 0. The zero-order chi connectivity index (χ0) is 13.1. The van der Waals surface area contributed by atoms with Crippen molar-refractivity contribution in [2.45, 2.75) is 25.4 Å². The van der Waals surface area contributed by atoms with Gasteiger partial charge in [-0.25, -0.2) is 4.98 Å². The molecule has 0 aliphatic heterocycles. The summed E-state index contributed by atoms with van der Waals surface area (Å²) in [5, 5.41) is 8.73. The van der Waals surface area contributed by atoms with E-state index < -0.39 is 0 Å². The molecule has 0 saturated heterocycles. The summed E-state index contributed by atoms with van der Waals surface area (Å²) in [6.45, 7) is 0.468. The Labute approximate surface area is 115 Å². The van der Waals surface area contributed by atoms with Gasteiger partial charge in [-0.1, -0.05) is 6.07 Å². The molecule has 0 aromatic carbocycles. The number of hydrogen-bond acceptors (Lipinski definition) is 5. The molecular formula is C13H14N4OS. The number of carbonyl (C=O) groups excluding carboxylic acids is 1.